The monoisotopic (exact) mass is 273 g/mol. The molecule has 1 N–H and O–H groups in total. The molecule has 1 aromatic heterocycles. The van der Waals surface area contributed by atoms with Crippen molar-refractivity contribution in [3.63, 3.8) is 0 Å². The van der Waals surface area contributed by atoms with Gasteiger partial charge in [0.1, 0.15) is 0 Å². The maximum absolute atomic E-state index is 10.9. The molecule has 0 saturated carbocycles. The van der Waals surface area contributed by atoms with E-state index in [-0.39, 0.29) is 5.92 Å². The number of hydrogen-bond acceptors (Lipinski definition) is 5. The summed E-state index contributed by atoms with van der Waals surface area (Å²) in [5.74, 6) is -0.496. The predicted molar refractivity (Wildman–Crippen MR) is 72.3 cm³/mol. The highest BCUT2D eigenvalue weighted by molar-refractivity contribution is 5.70. The van der Waals surface area contributed by atoms with E-state index in [0.29, 0.717) is 37.8 Å². The Labute approximate surface area is 116 Å². The van der Waals surface area contributed by atoms with E-state index in [9.17, 15) is 4.79 Å². The van der Waals surface area contributed by atoms with Crippen LogP contribution < -0.4 is 4.90 Å². The fourth-order valence-corrected chi connectivity index (χ4v) is 2.36. The van der Waals surface area contributed by atoms with E-state index in [1.165, 1.54) is 0 Å². The van der Waals surface area contributed by atoms with Gasteiger partial charge in [0.2, 0.25) is 5.89 Å². The highest BCUT2D eigenvalue weighted by atomic mass is 16.4. The number of hydrogen-bond donors (Lipinski definition) is 1. The standard InChI is InChI=1S/C14H15N3O3/c18-13(19)11-6-8-17(9-7-11)14-16-15-12(20-14)10-4-2-1-3-5-10/h1-5,11H,6-9H2,(H,18,19). The fourth-order valence-electron chi connectivity index (χ4n) is 2.36. The lowest BCUT2D eigenvalue weighted by Gasteiger charge is -2.28. The summed E-state index contributed by atoms with van der Waals surface area (Å²) in [6.07, 6.45) is 1.22. The molecule has 20 heavy (non-hydrogen) atoms. The summed E-state index contributed by atoms with van der Waals surface area (Å²) >= 11 is 0. The molecular weight excluding hydrogens is 258 g/mol. The van der Waals surface area contributed by atoms with Crippen LogP contribution in [0.3, 0.4) is 0 Å². The molecule has 1 aliphatic rings. The minimum Gasteiger partial charge on any atom is -0.481 e. The van der Waals surface area contributed by atoms with E-state index in [1.54, 1.807) is 0 Å². The van der Waals surface area contributed by atoms with Crippen molar-refractivity contribution in [2.75, 3.05) is 18.0 Å². The summed E-state index contributed by atoms with van der Waals surface area (Å²) in [5.41, 5.74) is 0.881. The number of aromatic nitrogens is 2. The number of aliphatic carboxylic acids is 1. The Morgan fingerprint density at radius 1 is 1.20 bits per heavy atom. The molecule has 0 bridgehead atoms. The van der Waals surface area contributed by atoms with Crippen molar-refractivity contribution in [3.8, 4) is 11.5 Å². The molecule has 0 spiro atoms. The van der Waals surface area contributed by atoms with Crippen LogP contribution in [0.25, 0.3) is 11.5 Å². The van der Waals surface area contributed by atoms with Crippen LogP contribution >= 0.6 is 0 Å². The highest BCUT2D eigenvalue weighted by Gasteiger charge is 2.27. The summed E-state index contributed by atoms with van der Waals surface area (Å²) in [6, 6.07) is 10.0. The number of rotatable bonds is 3. The first-order chi connectivity index (χ1) is 9.74. The smallest absolute Gasteiger partial charge is 0.318 e. The Morgan fingerprint density at radius 2 is 1.90 bits per heavy atom. The Bertz CT molecular complexity index is 589. The van der Waals surface area contributed by atoms with Gasteiger partial charge in [-0.3, -0.25) is 4.79 Å². The lowest BCUT2D eigenvalue weighted by atomic mass is 9.97. The molecule has 1 fully saturated rings. The van der Waals surface area contributed by atoms with Crippen molar-refractivity contribution in [1.82, 2.24) is 10.2 Å². The first-order valence-corrected chi connectivity index (χ1v) is 6.61. The molecule has 1 aromatic carbocycles. The molecule has 104 valence electrons. The summed E-state index contributed by atoms with van der Waals surface area (Å²) < 4.78 is 5.66. The molecule has 2 heterocycles. The Balaban J connectivity index is 1.71. The van der Waals surface area contributed by atoms with Crippen molar-refractivity contribution < 1.29 is 14.3 Å². The lowest BCUT2D eigenvalue weighted by Crippen LogP contribution is -2.36. The molecular formula is C14H15N3O3. The first-order valence-electron chi connectivity index (χ1n) is 6.61. The third-order valence-corrected chi connectivity index (χ3v) is 3.55. The molecule has 0 atom stereocenters. The molecule has 0 unspecified atom stereocenters. The van der Waals surface area contributed by atoms with Gasteiger partial charge >= 0.3 is 12.0 Å². The first kappa shape index (κ1) is 12.7. The quantitative estimate of drug-likeness (QED) is 0.921. The molecule has 0 amide bonds. The van der Waals surface area contributed by atoms with Gasteiger partial charge in [0.25, 0.3) is 0 Å². The molecule has 6 heteroatoms. The normalized spacial score (nSPS) is 16.3. The molecule has 1 saturated heterocycles. The molecule has 1 aliphatic heterocycles. The van der Waals surface area contributed by atoms with Gasteiger partial charge in [-0.2, -0.15) is 0 Å². The number of nitrogens with zero attached hydrogens (tertiary/aromatic N) is 3. The molecule has 0 radical (unpaired) electrons. The van der Waals surface area contributed by atoms with Crippen LogP contribution in [0.2, 0.25) is 0 Å². The molecule has 0 aliphatic carbocycles. The Hall–Kier alpha value is -2.37. The average Bonchev–Trinajstić information content (AvgIpc) is 2.98. The van der Waals surface area contributed by atoms with Crippen LogP contribution in [0.15, 0.2) is 34.7 Å². The van der Waals surface area contributed by atoms with Crippen LogP contribution in [0, 0.1) is 5.92 Å². The van der Waals surface area contributed by atoms with Gasteiger partial charge in [0.15, 0.2) is 0 Å². The van der Waals surface area contributed by atoms with Crippen molar-refractivity contribution in [3.05, 3.63) is 30.3 Å². The number of anilines is 1. The van der Waals surface area contributed by atoms with Crippen molar-refractivity contribution >= 4 is 12.0 Å². The predicted octanol–water partition coefficient (Wildman–Crippen LogP) is 2.04. The summed E-state index contributed by atoms with van der Waals surface area (Å²) in [5, 5.41) is 17.1. The second-order valence-electron chi connectivity index (χ2n) is 4.86. The van der Waals surface area contributed by atoms with Crippen molar-refractivity contribution in [2.45, 2.75) is 12.8 Å². The number of carbonyl (C=O) groups is 1. The van der Waals surface area contributed by atoms with Crippen molar-refractivity contribution in [2.24, 2.45) is 5.92 Å². The lowest BCUT2D eigenvalue weighted by molar-refractivity contribution is -0.142. The molecule has 2 aromatic rings. The van der Waals surface area contributed by atoms with E-state index in [4.69, 9.17) is 9.52 Å². The van der Waals surface area contributed by atoms with Crippen LogP contribution in [0.5, 0.6) is 0 Å². The minimum atomic E-state index is -0.722. The largest absolute Gasteiger partial charge is 0.481 e. The summed E-state index contributed by atoms with van der Waals surface area (Å²) in [4.78, 5) is 12.9. The Morgan fingerprint density at radius 3 is 2.55 bits per heavy atom. The zero-order valence-corrected chi connectivity index (χ0v) is 10.9. The number of piperidine rings is 1. The van der Waals surface area contributed by atoms with E-state index in [1.807, 2.05) is 35.2 Å². The topological polar surface area (TPSA) is 79.5 Å². The van der Waals surface area contributed by atoms with Gasteiger partial charge in [-0.15, -0.1) is 5.10 Å². The molecule has 3 rings (SSSR count). The minimum absolute atomic E-state index is 0.261. The molecule has 6 nitrogen and oxygen atoms in total. The van der Waals surface area contributed by atoms with Gasteiger partial charge in [-0.05, 0) is 25.0 Å². The van der Waals surface area contributed by atoms with E-state index >= 15 is 0 Å². The van der Waals surface area contributed by atoms with Crippen LogP contribution in [0.1, 0.15) is 12.8 Å². The van der Waals surface area contributed by atoms with Crippen LogP contribution in [-0.4, -0.2) is 34.4 Å². The third-order valence-electron chi connectivity index (χ3n) is 3.55. The van der Waals surface area contributed by atoms with Crippen LogP contribution in [0.4, 0.5) is 6.01 Å². The summed E-state index contributed by atoms with van der Waals surface area (Å²) in [7, 11) is 0. The second kappa shape index (κ2) is 5.32. The van der Waals surface area contributed by atoms with E-state index in [0.717, 1.165) is 5.56 Å². The van der Waals surface area contributed by atoms with E-state index in [2.05, 4.69) is 10.2 Å². The highest BCUT2D eigenvalue weighted by Crippen LogP contribution is 2.25. The van der Waals surface area contributed by atoms with Gasteiger partial charge < -0.3 is 14.4 Å². The van der Waals surface area contributed by atoms with Crippen molar-refractivity contribution in [1.29, 1.82) is 0 Å². The number of carboxylic acids is 1. The maximum Gasteiger partial charge on any atom is 0.318 e. The third kappa shape index (κ3) is 2.49. The number of carboxylic acid groups (broad SMARTS) is 1. The van der Waals surface area contributed by atoms with E-state index < -0.39 is 5.97 Å². The Kier molecular flexibility index (Phi) is 3.37. The van der Waals surface area contributed by atoms with Crippen LogP contribution in [-0.2, 0) is 4.79 Å². The summed E-state index contributed by atoms with van der Waals surface area (Å²) in [6.45, 7) is 1.26. The van der Waals surface area contributed by atoms with Gasteiger partial charge in [0, 0.05) is 18.7 Å². The average molecular weight is 273 g/mol. The zero-order valence-electron chi connectivity index (χ0n) is 10.9. The number of benzene rings is 1. The van der Waals surface area contributed by atoms with Gasteiger partial charge in [-0.25, -0.2) is 0 Å². The van der Waals surface area contributed by atoms with Gasteiger partial charge in [0.05, 0.1) is 5.92 Å². The van der Waals surface area contributed by atoms with Gasteiger partial charge in [-0.1, -0.05) is 23.3 Å². The fraction of sp³-hybridized carbons (Fsp3) is 0.357. The second-order valence-corrected chi connectivity index (χ2v) is 4.86. The SMILES string of the molecule is O=C(O)C1CCN(c2nnc(-c3ccccc3)o2)CC1. The zero-order chi connectivity index (χ0) is 13.9. The maximum atomic E-state index is 10.9.